The number of aromatic nitrogens is 3. The Hall–Kier alpha value is -2.24. The number of pyridine rings is 1. The summed E-state index contributed by atoms with van der Waals surface area (Å²) in [6.45, 7) is 3.82. The first-order valence-electron chi connectivity index (χ1n) is 7.06. The summed E-state index contributed by atoms with van der Waals surface area (Å²) >= 11 is 0. The van der Waals surface area contributed by atoms with Gasteiger partial charge in [-0.05, 0) is 24.1 Å². The zero-order chi connectivity index (χ0) is 14.8. The maximum atomic E-state index is 14.3. The summed E-state index contributed by atoms with van der Waals surface area (Å²) in [5.74, 6) is 0.0905. The predicted octanol–water partition coefficient (Wildman–Crippen LogP) is 2.39. The number of piperidine rings is 1. The van der Waals surface area contributed by atoms with Crippen molar-refractivity contribution < 1.29 is 4.39 Å². The minimum Gasteiger partial charge on any atom is -0.353 e. The quantitative estimate of drug-likeness (QED) is 0.943. The van der Waals surface area contributed by atoms with Gasteiger partial charge in [0, 0.05) is 44.0 Å². The van der Waals surface area contributed by atoms with Crippen molar-refractivity contribution >= 4 is 11.5 Å². The summed E-state index contributed by atoms with van der Waals surface area (Å²) in [4.78, 5) is 6.18. The normalized spacial score (nSPS) is 15.5. The van der Waals surface area contributed by atoms with Gasteiger partial charge in [0.15, 0.2) is 11.6 Å². The van der Waals surface area contributed by atoms with E-state index in [1.807, 2.05) is 18.0 Å². The lowest BCUT2D eigenvalue weighted by atomic mass is 10.1. The Bertz CT molecular complexity index is 654. The fourth-order valence-corrected chi connectivity index (χ4v) is 2.52. The molecule has 0 atom stereocenters. The van der Waals surface area contributed by atoms with Crippen LogP contribution in [0.15, 0.2) is 24.7 Å². The second-order valence-electron chi connectivity index (χ2n) is 5.45. The Morgan fingerprint density at radius 2 is 2.05 bits per heavy atom. The lowest BCUT2D eigenvalue weighted by Crippen LogP contribution is -2.34. The second kappa shape index (κ2) is 5.63. The highest BCUT2D eigenvalue weighted by atomic mass is 19.1. The monoisotopic (exact) mass is 287 g/mol. The smallest absolute Gasteiger partial charge is 0.166 e. The minimum absolute atomic E-state index is 0.301. The van der Waals surface area contributed by atoms with Gasteiger partial charge in [-0.3, -0.25) is 4.68 Å². The molecular weight excluding hydrogens is 269 g/mol. The van der Waals surface area contributed by atoms with Crippen LogP contribution in [0.25, 0.3) is 0 Å². The van der Waals surface area contributed by atoms with Gasteiger partial charge in [-0.25, -0.2) is 9.37 Å². The first-order valence-corrected chi connectivity index (χ1v) is 7.06. The average Bonchev–Trinajstić information content (AvgIpc) is 2.86. The molecule has 2 aromatic rings. The molecule has 1 saturated heterocycles. The Morgan fingerprint density at radius 3 is 2.67 bits per heavy atom. The molecule has 3 rings (SSSR count). The molecule has 0 aliphatic carbocycles. The van der Waals surface area contributed by atoms with Gasteiger partial charge in [0.2, 0.25) is 0 Å². The molecule has 2 aromatic heterocycles. The summed E-state index contributed by atoms with van der Waals surface area (Å²) in [7, 11) is 0. The van der Waals surface area contributed by atoms with E-state index in [-0.39, 0.29) is 5.82 Å². The Kier molecular flexibility index (Phi) is 3.68. The average molecular weight is 287 g/mol. The van der Waals surface area contributed by atoms with E-state index in [9.17, 15) is 4.39 Å². The maximum Gasteiger partial charge on any atom is 0.166 e. The first kappa shape index (κ1) is 13.7. The number of aryl methyl sites for hydroxylation is 1. The molecule has 0 unspecified atom stereocenters. The molecule has 1 aliphatic heterocycles. The molecule has 0 aromatic carbocycles. The van der Waals surface area contributed by atoms with E-state index in [1.54, 1.807) is 17.1 Å². The lowest BCUT2D eigenvalue weighted by Gasteiger charge is -2.28. The van der Waals surface area contributed by atoms with Crippen LogP contribution in [0.3, 0.4) is 0 Å². The van der Waals surface area contributed by atoms with Crippen LogP contribution in [0.1, 0.15) is 24.0 Å². The van der Waals surface area contributed by atoms with Crippen LogP contribution in [0, 0.1) is 18.2 Å². The molecule has 0 saturated carbocycles. The van der Waals surface area contributed by atoms with E-state index in [2.05, 4.69) is 10.1 Å². The third kappa shape index (κ3) is 3.09. The predicted molar refractivity (Wildman–Crippen MR) is 79.4 cm³/mol. The zero-order valence-electron chi connectivity index (χ0n) is 12.0. The second-order valence-corrected chi connectivity index (χ2v) is 5.45. The number of halogens is 1. The van der Waals surface area contributed by atoms with Gasteiger partial charge in [-0.1, -0.05) is 0 Å². The van der Waals surface area contributed by atoms with Crippen molar-refractivity contribution in [2.75, 3.05) is 18.0 Å². The number of nitrogens with zero attached hydrogens (tertiary/aromatic N) is 4. The Labute approximate surface area is 122 Å². The van der Waals surface area contributed by atoms with Gasteiger partial charge in [0.05, 0.1) is 12.7 Å². The lowest BCUT2D eigenvalue weighted by molar-refractivity contribution is 0.597. The molecule has 5 nitrogen and oxygen atoms in total. The highest BCUT2D eigenvalue weighted by Crippen LogP contribution is 2.20. The van der Waals surface area contributed by atoms with Gasteiger partial charge in [0.1, 0.15) is 0 Å². The fraction of sp³-hybridized carbons (Fsp3) is 0.400. The molecule has 1 N–H and O–H groups in total. The van der Waals surface area contributed by atoms with Crippen molar-refractivity contribution in [2.45, 2.75) is 26.3 Å². The molecule has 0 spiro atoms. The van der Waals surface area contributed by atoms with Crippen LogP contribution in [0.4, 0.5) is 10.2 Å². The number of nitrogens with one attached hydrogen (secondary N) is 1. The summed E-state index contributed by atoms with van der Waals surface area (Å²) in [6, 6.07) is 1.53. The van der Waals surface area contributed by atoms with E-state index < -0.39 is 0 Å². The third-order valence-corrected chi connectivity index (χ3v) is 3.65. The van der Waals surface area contributed by atoms with E-state index in [0.29, 0.717) is 38.3 Å². The summed E-state index contributed by atoms with van der Waals surface area (Å²) < 4.78 is 16.0. The summed E-state index contributed by atoms with van der Waals surface area (Å²) in [5.41, 5.74) is 2.61. The Balaban J connectivity index is 1.75. The van der Waals surface area contributed by atoms with Gasteiger partial charge in [0.25, 0.3) is 0 Å². The molecule has 110 valence electrons. The molecule has 1 fully saturated rings. The topological polar surface area (TPSA) is 57.8 Å². The molecule has 6 heteroatoms. The Morgan fingerprint density at radius 1 is 1.29 bits per heavy atom. The van der Waals surface area contributed by atoms with Crippen molar-refractivity contribution in [2.24, 2.45) is 0 Å². The highest BCUT2D eigenvalue weighted by Gasteiger charge is 2.18. The number of hydrogen-bond acceptors (Lipinski definition) is 4. The number of rotatable bonds is 3. The van der Waals surface area contributed by atoms with Gasteiger partial charge in [-0.2, -0.15) is 5.10 Å². The number of hydrogen-bond donors (Lipinski definition) is 1. The molecule has 3 heterocycles. The fourth-order valence-electron chi connectivity index (χ4n) is 2.52. The van der Waals surface area contributed by atoms with Crippen molar-refractivity contribution in [1.82, 2.24) is 14.8 Å². The van der Waals surface area contributed by atoms with Gasteiger partial charge < -0.3 is 10.3 Å². The van der Waals surface area contributed by atoms with Crippen LogP contribution in [0.2, 0.25) is 0 Å². The van der Waals surface area contributed by atoms with Crippen LogP contribution < -0.4 is 4.90 Å². The molecule has 21 heavy (non-hydrogen) atoms. The van der Waals surface area contributed by atoms with E-state index in [4.69, 9.17) is 5.41 Å². The van der Waals surface area contributed by atoms with Crippen molar-refractivity contribution in [3.05, 3.63) is 41.6 Å². The highest BCUT2D eigenvalue weighted by molar-refractivity contribution is 5.83. The van der Waals surface area contributed by atoms with Crippen LogP contribution in [-0.2, 0) is 6.54 Å². The standard InChI is InChI=1S/C15H18FN5/c1-11-7-19-21(9-11)10-12-6-14(16)15(18-8-12)20-4-2-13(17)3-5-20/h6-9,17H,2-5,10H2,1H3. The SMILES string of the molecule is Cc1cnn(Cc2cnc(N3CCC(=N)CC3)c(F)c2)c1. The molecule has 1 aliphatic rings. The van der Waals surface area contributed by atoms with Crippen LogP contribution >= 0.6 is 0 Å². The zero-order valence-corrected chi connectivity index (χ0v) is 12.0. The third-order valence-electron chi connectivity index (χ3n) is 3.65. The van der Waals surface area contributed by atoms with E-state index in [1.165, 1.54) is 6.07 Å². The van der Waals surface area contributed by atoms with Crippen molar-refractivity contribution in [1.29, 1.82) is 5.41 Å². The molecule has 0 amide bonds. The largest absolute Gasteiger partial charge is 0.353 e. The van der Waals surface area contributed by atoms with Crippen molar-refractivity contribution in [3.63, 3.8) is 0 Å². The molecular formula is C15H18FN5. The summed E-state index contributed by atoms with van der Waals surface area (Å²) in [5, 5.41) is 11.8. The van der Waals surface area contributed by atoms with E-state index >= 15 is 0 Å². The maximum absolute atomic E-state index is 14.3. The van der Waals surface area contributed by atoms with Crippen molar-refractivity contribution in [3.8, 4) is 0 Å². The molecule has 0 radical (unpaired) electrons. The first-order chi connectivity index (χ1) is 10.1. The minimum atomic E-state index is -0.301. The van der Waals surface area contributed by atoms with Gasteiger partial charge in [-0.15, -0.1) is 0 Å². The van der Waals surface area contributed by atoms with Crippen LogP contribution in [-0.4, -0.2) is 33.6 Å². The van der Waals surface area contributed by atoms with Crippen LogP contribution in [0.5, 0.6) is 0 Å². The van der Waals surface area contributed by atoms with E-state index in [0.717, 1.165) is 16.8 Å². The van der Waals surface area contributed by atoms with Gasteiger partial charge >= 0.3 is 0 Å². The summed E-state index contributed by atoms with van der Waals surface area (Å²) in [6.07, 6.45) is 6.78. The number of anilines is 1. The molecule has 0 bridgehead atoms.